The largest absolute Gasteiger partial charge is 0.494 e. The molecule has 3 aromatic rings. The van der Waals surface area contributed by atoms with E-state index in [1.54, 1.807) is 4.90 Å². The van der Waals surface area contributed by atoms with Gasteiger partial charge in [-0.1, -0.05) is 48.3 Å². The summed E-state index contributed by atoms with van der Waals surface area (Å²) in [7, 11) is 0. The van der Waals surface area contributed by atoms with Crippen molar-refractivity contribution in [2.75, 3.05) is 6.61 Å². The van der Waals surface area contributed by atoms with Crippen molar-refractivity contribution in [1.82, 2.24) is 14.8 Å². The van der Waals surface area contributed by atoms with Gasteiger partial charge in [0.05, 0.1) is 12.6 Å². The number of thiocarbonyl (C=S) groups is 1. The number of aromatic amines is 1. The van der Waals surface area contributed by atoms with Crippen LogP contribution in [-0.2, 0) is 11.2 Å². The van der Waals surface area contributed by atoms with Crippen molar-refractivity contribution < 1.29 is 9.53 Å². The lowest BCUT2D eigenvalue weighted by atomic mass is 9.89. The van der Waals surface area contributed by atoms with Crippen molar-refractivity contribution in [3.63, 3.8) is 0 Å². The lowest BCUT2D eigenvalue weighted by molar-refractivity contribution is -0.129. The maximum Gasteiger partial charge on any atom is 0.252 e. The number of aromatic nitrogens is 1. The molecule has 0 radical (unpaired) electrons. The van der Waals surface area contributed by atoms with Crippen molar-refractivity contribution in [3.05, 3.63) is 63.8 Å². The summed E-state index contributed by atoms with van der Waals surface area (Å²) in [6.07, 6.45) is 4.12. The molecule has 0 saturated carbocycles. The molecule has 1 aromatic heterocycles. The van der Waals surface area contributed by atoms with Gasteiger partial charge in [-0.2, -0.15) is 0 Å². The number of unbranched alkanes of at least 4 members (excludes halogenated alkanes) is 1. The van der Waals surface area contributed by atoms with Gasteiger partial charge in [-0.05, 0) is 86.3 Å². The summed E-state index contributed by atoms with van der Waals surface area (Å²) >= 11 is 9.53. The first-order valence-electron chi connectivity index (χ1n) is 12.9. The third kappa shape index (κ3) is 4.56. The van der Waals surface area contributed by atoms with E-state index in [9.17, 15) is 4.79 Å². The topological polar surface area (TPSA) is 48.6 Å². The molecule has 5 rings (SSSR count). The summed E-state index contributed by atoms with van der Waals surface area (Å²) in [6, 6.07) is 14.2. The average molecular weight is 569 g/mol. The van der Waals surface area contributed by atoms with Crippen LogP contribution >= 0.6 is 28.1 Å². The van der Waals surface area contributed by atoms with Gasteiger partial charge in [-0.3, -0.25) is 9.69 Å². The summed E-state index contributed by atoms with van der Waals surface area (Å²) < 4.78 is 7.05. The van der Waals surface area contributed by atoms with Gasteiger partial charge in [-0.15, -0.1) is 0 Å². The fourth-order valence-corrected chi connectivity index (χ4v) is 6.42. The van der Waals surface area contributed by atoms with E-state index in [4.69, 9.17) is 17.0 Å². The molecule has 1 amide bonds. The quantitative estimate of drug-likeness (QED) is 0.235. The molecule has 36 heavy (non-hydrogen) atoms. The van der Waals surface area contributed by atoms with Crippen LogP contribution in [0, 0.1) is 5.92 Å². The first-order chi connectivity index (χ1) is 17.3. The second-order valence-electron chi connectivity index (χ2n) is 10.6. The fraction of sp³-hybridized carbons (Fsp3) is 0.448. The second kappa shape index (κ2) is 10.2. The van der Waals surface area contributed by atoms with E-state index in [-0.39, 0.29) is 24.0 Å². The minimum Gasteiger partial charge on any atom is -0.494 e. The number of ether oxygens (including phenoxy) is 1. The van der Waals surface area contributed by atoms with Crippen LogP contribution in [0.2, 0.25) is 0 Å². The number of benzene rings is 2. The molecule has 1 saturated heterocycles. The van der Waals surface area contributed by atoms with Crippen LogP contribution in [-0.4, -0.2) is 44.5 Å². The Morgan fingerprint density at radius 1 is 1.11 bits per heavy atom. The zero-order valence-corrected chi connectivity index (χ0v) is 23.8. The van der Waals surface area contributed by atoms with Crippen LogP contribution in [0.1, 0.15) is 69.8 Å². The van der Waals surface area contributed by atoms with Crippen LogP contribution in [0.5, 0.6) is 5.75 Å². The Balaban J connectivity index is 1.48. The number of carbonyl (C=O) groups excluding carboxylic acids is 1. The number of H-pyrrole nitrogens is 1. The van der Waals surface area contributed by atoms with Gasteiger partial charge in [-0.25, -0.2) is 0 Å². The molecular weight excluding hydrogens is 534 g/mol. The summed E-state index contributed by atoms with van der Waals surface area (Å²) in [6.45, 7) is 9.29. The van der Waals surface area contributed by atoms with Gasteiger partial charge in [0.1, 0.15) is 11.8 Å². The van der Waals surface area contributed by atoms with Crippen LogP contribution in [0.25, 0.3) is 10.9 Å². The highest BCUT2D eigenvalue weighted by Gasteiger charge is 2.51. The Morgan fingerprint density at radius 3 is 2.56 bits per heavy atom. The molecular formula is C29H34BrN3O2S. The maximum atomic E-state index is 13.5. The van der Waals surface area contributed by atoms with Crippen LogP contribution in [0.3, 0.4) is 0 Å². The summed E-state index contributed by atoms with van der Waals surface area (Å²) in [4.78, 5) is 21.1. The Hall–Kier alpha value is -2.38. The number of halogens is 1. The van der Waals surface area contributed by atoms with Crippen molar-refractivity contribution in [2.45, 2.75) is 71.5 Å². The summed E-state index contributed by atoms with van der Waals surface area (Å²) in [5.41, 5.74) is 4.49. The highest BCUT2D eigenvalue weighted by atomic mass is 79.9. The first-order valence-corrected chi connectivity index (χ1v) is 14.1. The molecule has 0 bridgehead atoms. The predicted octanol–water partition coefficient (Wildman–Crippen LogP) is 6.99. The van der Waals surface area contributed by atoms with Crippen LogP contribution in [0.4, 0.5) is 0 Å². The fourth-order valence-electron chi connectivity index (χ4n) is 5.53. The third-order valence-electron chi connectivity index (χ3n) is 7.29. The minimum absolute atomic E-state index is 0.0203. The van der Waals surface area contributed by atoms with E-state index < -0.39 is 0 Å². The molecule has 3 heterocycles. The molecule has 5 nitrogen and oxygen atoms in total. The summed E-state index contributed by atoms with van der Waals surface area (Å²) in [5, 5.41) is 1.77. The van der Waals surface area contributed by atoms with Gasteiger partial charge >= 0.3 is 0 Å². The minimum atomic E-state index is -0.299. The maximum absolute atomic E-state index is 13.5. The van der Waals surface area contributed by atoms with Gasteiger partial charge in [0.25, 0.3) is 5.91 Å². The molecule has 1 fully saturated rings. The number of carbonyl (C=O) groups is 1. The predicted molar refractivity (Wildman–Crippen MR) is 152 cm³/mol. The zero-order chi connectivity index (χ0) is 25.6. The molecule has 0 aliphatic carbocycles. The second-order valence-corrected chi connectivity index (χ2v) is 11.9. The van der Waals surface area contributed by atoms with Crippen molar-refractivity contribution in [1.29, 1.82) is 0 Å². The van der Waals surface area contributed by atoms with Crippen molar-refractivity contribution in [2.24, 2.45) is 5.92 Å². The summed E-state index contributed by atoms with van der Waals surface area (Å²) in [5.74, 6) is 1.70. The van der Waals surface area contributed by atoms with Crippen molar-refractivity contribution in [3.8, 4) is 5.75 Å². The Kier molecular flexibility index (Phi) is 7.14. The number of nitrogens with one attached hydrogen (secondary N) is 1. The molecule has 2 aromatic carbocycles. The standard InChI is InChI=1S/C29H34BrN3O2S/c1-17(2)7-5-6-14-35-21-11-8-19(9-12-21)27-26-23(22-15-20(30)10-13-24(22)31-26)16-25-28(34)32(18(3)4)29(36)33(25)27/h8-13,15,17-18,25,27,31H,5-7,14,16H2,1-4H3. The first kappa shape index (κ1) is 25.3. The van der Waals surface area contributed by atoms with Crippen LogP contribution in [0.15, 0.2) is 46.9 Å². The molecule has 2 unspecified atom stereocenters. The molecule has 7 heteroatoms. The molecule has 190 valence electrons. The molecule has 2 aliphatic rings. The average Bonchev–Trinajstić information content (AvgIpc) is 3.32. The normalized spacial score (nSPS) is 19.5. The Labute approximate surface area is 227 Å². The highest BCUT2D eigenvalue weighted by molar-refractivity contribution is 9.10. The van der Waals surface area contributed by atoms with Crippen molar-refractivity contribution >= 4 is 50.1 Å². The number of hydrogen-bond acceptors (Lipinski definition) is 3. The molecule has 2 aliphatic heterocycles. The Bertz CT molecular complexity index is 1280. The monoisotopic (exact) mass is 567 g/mol. The third-order valence-corrected chi connectivity index (χ3v) is 8.19. The number of amides is 1. The van der Waals surface area contributed by atoms with Crippen LogP contribution < -0.4 is 4.74 Å². The molecule has 0 spiro atoms. The van der Waals surface area contributed by atoms with E-state index >= 15 is 0 Å². The van der Waals surface area contributed by atoms with Gasteiger partial charge < -0.3 is 14.6 Å². The molecule has 1 N–H and O–H groups in total. The number of hydrogen-bond donors (Lipinski definition) is 1. The number of fused-ring (bicyclic) bond motifs is 4. The smallest absolute Gasteiger partial charge is 0.252 e. The van der Waals surface area contributed by atoms with Gasteiger partial charge in [0.15, 0.2) is 5.11 Å². The lowest BCUT2D eigenvalue weighted by Crippen LogP contribution is -2.44. The highest BCUT2D eigenvalue weighted by Crippen LogP contribution is 2.45. The van der Waals surface area contributed by atoms with E-state index in [2.05, 4.69) is 63.9 Å². The molecule has 2 atom stereocenters. The lowest BCUT2D eigenvalue weighted by Gasteiger charge is -2.37. The SMILES string of the molecule is CC(C)CCCCOc1ccc(C2c3[nH]c4ccc(Br)cc4c3CC3C(=O)N(C(C)C)C(=S)N32)cc1. The van der Waals surface area contributed by atoms with E-state index in [1.807, 2.05) is 32.0 Å². The van der Waals surface area contributed by atoms with E-state index in [0.29, 0.717) is 11.5 Å². The Morgan fingerprint density at radius 2 is 1.86 bits per heavy atom. The number of nitrogens with zero attached hydrogens (tertiary/aromatic N) is 2. The van der Waals surface area contributed by atoms with E-state index in [1.165, 1.54) is 18.4 Å². The van der Waals surface area contributed by atoms with Gasteiger partial charge in [0.2, 0.25) is 0 Å². The van der Waals surface area contributed by atoms with E-state index in [0.717, 1.165) is 51.3 Å². The van der Waals surface area contributed by atoms with Gasteiger partial charge in [0, 0.05) is 33.5 Å². The zero-order valence-electron chi connectivity index (χ0n) is 21.4. The number of rotatable bonds is 8.